The monoisotopic (exact) mass is 526 g/mol. The molecule has 4 aromatic rings. The highest BCUT2D eigenvalue weighted by Crippen LogP contribution is 2.39. The summed E-state index contributed by atoms with van der Waals surface area (Å²) in [7, 11) is -7.88. The van der Waals surface area contributed by atoms with Gasteiger partial charge < -0.3 is 5.11 Å². The minimum atomic E-state index is -3.99. The SMILES string of the molecule is CS(=O)(=O)c1cc([N+](=O)[O-])ccc1N=Nc1ccc(O)c2cccc(NS(=O)(=O)c3ccccc3)c12. The number of anilines is 1. The predicted molar refractivity (Wildman–Crippen MR) is 133 cm³/mol. The Bertz CT molecular complexity index is 1740. The van der Waals surface area contributed by atoms with E-state index < -0.39 is 35.4 Å². The van der Waals surface area contributed by atoms with Gasteiger partial charge in [-0.25, -0.2) is 16.8 Å². The molecule has 184 valence electrons. The Morgan fingerprint density at radius 1 is 0.861 bits per heavy atom. The van der Waals surface area contributed by atoms with Crippen LogP contribution < -0.4 is 4.72 Å². The van der Waals surface area contributed by atoms with Crippen LogP contribution in [0.15, 0.2) is 98.9 Å². The molecule has 0 aliphatic carbocycles. The second-order valence-electron chi connectivity index (χ2n) is 7.63. The molecule has 0 aromatic heterocycles. The average molecular weight is 527 g/mol. The molecule has 0 atom stereocenters. The van der Waals surface area contributed by atoms with E-state index in [4.69, 9.17) is 0 Å². The number of nitro groups is 1. The summed E-state index contributed by atoms with van der Waals surface area (Å²) in [5.41, 5.74) is -0.353. The first-order valence-electron chi connectivity index (χ1n) is 10.2. The molecule has 0 unspecified atom stereocenters. The summed E-state index contributed by atoms with van der Waals surface area (Å²) in [6.07, 6.45) is 0.886. The lowest BCUT2D eigenvalue weighted by Crippen LogP contribution is -2.13. The number of rotatable bonds is 7. The zero-order chi connectivity index (χ0) is 26.1. The molecule has 0 amide bonds. The van der Waals surface area contributed by atoms with Gasteiger partial charge in [0.25, 0.3) is 15.7 Å². The summed E-state index contributed by atoms with van der Waals surface area (Å²) in [4.78, 5) is 9.98. The van der Waals surface area contributed by atoms with Gasteiger partial charge in [-0.1, -0.05) is 30.3 Å². The van der Waals surface area contributed by atoms with Crippen molar-refractivity contribution in [2.45, 2.75) is 9.79 Å². The van der Waals surface area contributed by atoms with Gasteiger partial charge >= 0.3 is 0 Å². The molecule has 4 rings (SSSR count). The number of phenols is 1. The van der Waals surface area contributed by atoms with Crippen LogP contribution in [0.1, 0.15) is 0 Å². The molecule has 0 saturated carbocycles. The van der Waals surface area contributed by atoms with E-state index in [0.717, 1.165) is 24.5 Å². The third-order valence-corrected chi connectivity index (χ3v) is 7.62. The van der Waals surface area contributed by atoms with Gasteiger partial charge in [0.15, 0.2) is 9.84 Å². The van der Waals surface area contributed by atoms with Crippen LogP contribution in [-0.4, -0.2) is 33.1 Å². The van der Waals surface area contributed by atoms with Gasteiger partial charge in [0, 0.05) is 29.2 Å². The molecule has 13 heteroatoms. The average Bonchev–Trinajstić information content (AvgIpc) is 2.83. The van der Waals surface area contributed by atoms with Gasteiger partial charge in [-0.2, -0.15) is 0 Å². The molecule has 0 bridgehead atoms. The maximum absolute atomic E-state index is 12.9. The van der Waals surface area contributed by atoms with Gasteiger partial charge in [0.2, 0.25) is 0 Å². The highest BCUT2D eigenvalue weighted by molar-refractivity contribution is 7.92. The number of azo groups is 1. The summed E-state index contributed by atoms with van der Waals surface area (Å²) in [6, 6.07) is 18.1. The van der Waals surface area contributed by atoms with E-state index in [0.29, 0.717) is 0 Å². The summed E-state index contributed by atoms with van der Waals surface area (Å²) < 4.78 is 52.7. The molecule has 11 nitrogen and oxygen atoms in total. The van der Waals surface area contributed by atoms with Crippen molar-refractivity contribution < 1.29 is 26.9 Å². The number of nitro benzene ring substituents is 1. The van der Waals surface area contributed by atoms with Crippen molar-refractivity contribution in [1.82, 2.24) is 0 Å². The van der Waals surface area contributed by atoms with Crippen molar-refractivity contribution in [3.05, 3.63) is 89.0 Å². The lowest BCUT2D eigenvalue weighted by atomic mass is 10.1. The number of phenolic OH excluding ortho intramolecular Hbond substituents is 1. The van der Waals surface area contributed by atoms with Crippen molar-refractivity contribution in [3.63, 3.8) is 0 Å². The molecule has 0 spiro atoms. The molecule has 0 aliphatic heterocycles. The normalized spacial score (nSPS) is 12.1. The van der Waals surface area contributed by atoms with Gasteiger partial charge in [0.1, 0.15) is 16.3 Å². The Balaban J connectivity index is 1.85. The zero-order valence-electron chi connectivity index (χ0n) is 18.6. The maximum Gasteiger partial charge on any atom is 0.270 e. The smallest absolute Gasteiger partial charge is 0.270 e. The summed E-state index contributed by atoms with van der Waals surface area (Å²) >= 11 is 0. The van der Waals surface area contributed by atoms with E-state index in [1.54, 1.807) is 30.3 Å². The van der Waals surface area contributed by atoms with Crippen LogP contribution >= 0.6 is 0 Å². The van der Waals surface area contributed by atoms with Crippen LogP contribution in [0.4, 0.5) is 22.7 Å². The number of aromatic hydroxyl groups is 1. The van der Waals surface area contributed by atoms with E-state index in [2.05, 4.69) is 15.0 Å². The number of sulfonamides is 1. The van der Waals surface area contributed by atoms with E-state index >= 15 is 0 Å². The number of hydrogen-bond donors (Lipinski definition) is 2. The standard InChI is InChI=1S/C23H18N4O7S2/c1-35(31,32)22-14-15(27(29)30)10-11-18(22)24-25-19-12-13-21(28)17-8-5-9-20(23(17)19)26-36(33,34)16-6-3-2-4-7-16/h2-14,26,28H,1H3. The Morgan fingerprint density at radius 3 is 2.19 bits per heavy atom. The van der Waals surface area contributed by atoms with Crippen molar-refractivity contribution in [3.8, 4) is 5.75 Å². The minimum Gasteiger partial charge on any atom is -0.507 e. The van der Waals surface area contributed by atoms with Crippen molar-refractivity contribution >= 4 is 53.4 Å². The van der Waals surface area contributed by atoms with Crippen LogP contribution in [0.25, 0.3) is 10.8 Å². The van der Waals surface area contributed by atoms with E-state index in [1.807, 2.05) is 0 Å². The first kappa shape index (κ1) is 24.8. The number of non-ortho nitro benzene ring substituents is 1. The van der Waals surface area contributed by atoms with Crippen LogP contribution in [0.3, 0.4) is 0 Å². The molecule has 0 aliphatic rings. The highest BCUT2D eigenvalue weighted by Gasteiger charge is 2.20. The second-order valence-corrected chi connectivity index (χ2v) is 11.3. The molecule has 0 radical (unpaired) electrons. The minimum absolute atomic E-state index is 0.0222. The lowest BCUT2D eigenvalue weighted by molar-refractivity contribution is -0.385. The van der Waals surface area contributed by atoms with Crippen molar-refractivity contribution in [1.29, 1.82) is 0 Å². The van der Waals surface area contributed by atoms with Crippen LogP contribution in [0.2, 0.25) is 0 Å². The number of hydrogen-bond acceptors (Lipinski definition) is 9. The molecular formula is C23H18N4O7S2. The number of nitrogens with one attached hydrogen (secondary N) is 1. The predicted octanol–water partition coefficient (Wildman–Crippen LogP) is 5.07. The fourth-order valence-corrected chi connectivity index (χ4v) is 5.36. The maximum atomic E-state index is 12.9. The zero-order valence-corrected chi connectivity index (χ0v) is 20.2. The van der Waals surface area contributed by atoms with Gasteiger partial charge in [0.05, 0.1) is 21.2 Å². The highest BCUT2D eigenvalue weighted by atomic mass is 32.2. The van der Waals surface area contributed by atoms with Gasteiger partial charge in [-0.05, 0) is 36.4 Å². The van der Waals surface area contributed by atoms with E-state index in [-0.39, 0.29) is 38.5 Å². The fourth-order valence-electron chi connectivity index (χ4n) is 3.45. The van der Waals surface area contributed by atoms with Gasteiger partial charge in [-0.3, -0.25) is 14.8 Å². The van der Waals surface area contributed by atoms with E-state index in [1.165, 1.54) is 30.3 Å². The van der Waals surface area contributed by atoms with Crippen molar-refractivity contribution in [2.75, 3.05) is 11.0 Å². The van der Waals surface area contributed by atoms with E-state index in [9.17, 15) is 32.1 Å². The fraction of sp³-hybridized carbons (Fsp3) is 0.0435. The Labute approximate surface area is 205 Å². The quantitative estimate of drug-likeness (QED) is 0.192. The molecule has 2 N–H and O–H groups in total. The summed E-state index contributed by atoms with van der Waals surface area (Å²) in [5, 5.41) is 30.0. The largest absolute Gasteiger partial charge is 0.507 e. The first-order chi connectivity index (χ1) is 17.0. The molecular weight excluding hydrogens is 508 g/mol. The van der Waals surface area contributed by atoms with Crippen LogP contribution in [-0.2, 0) is 19.9 Å². The number of nitrogens with zero attached hydrogens (tertiary/aromatic N) is 3. The topological polar surface area (TPSA) is 168 Å². The summed E-state index contributed by atoms with van der Waals surface area (Å²) in [5.74, 6) is -0.142. The van der Waals surface area contributed by atoms with Gasteiger partial charge in [-0.15, -0.1) is 10.2 Å². The van der Waals surface area contributed by atoms with Crippen LogP contribution in [0.5, 0.6) is 5.75 Å². The Kier molecular flexibility index (Phi) is 6.43. The summed E-state index contributed by atoms with van der Waals surface area (Å²) in [6.45, 7) is 0. The number of benzene rings is 4. The Morgan fingerprint density at radius 2 is 1.53 bits per heavy atom. The third kappa shape index (κ3) is 5.01. The van der Waals surface area contributed by atoms with Crippen molar-refractivity contribution in [2.24, 2.45) is 10.2 Å². The molecule has 4 aromatic carbocycles. The second kappa shape index (κ2) is 9.36. The molecule has 0 heterocycles. The van der Waals surface area contributed by atoms with Crippen LogP contribution in [0, 0.1) is 10.1 Å². The lowest BCUT2D eigenvalue weighted by Gasteiger charge is -2.13. The Hall–Kier alpha value is -4.36. The number of sulfone groups is 1. The third-order valence-electron chi connectivity index (χ3n) is 5.11. The first-order valence-corrected chi connectivity index (χ1v) is 13.6. The molecule has 36 heavy (non-hydrogen) atoms. The molecule has 0 saturated heterocycles. The molecule has 0 fully saturated rings. The number of fused-ring (bicyclic) bond motifs is 1.